The van der Waals surface area contributed by atoms with Crippen molar-refractivity contribution in [1.29, 1.82) is 0 Å². The van der Waals surface area contributed by atoms with Gasteiger partial charge in [0, 0.05) is 20.6 Å². The van der Waals surface area contributed by atoms with E-state index in [0.717, 1.165) is 25.4 Å². The van der Waals surface area contributed by atoms with Crippen LogP contribution in [0.25, 0.3) is 0 Å². The van der Waals surface area contributed by atoms with E-state index in [1.54, 1.807) is 14.2 Å². The van der Waals surface area contributed by atoms with E-state index in [9.17, 15) is 0 Å². The molecule has 0 amide bonds. The first kappa shape index (κ1) is 22.0. The van der Waals surface area contributed by atoms with Gasteiger partial charge in [-0.25, -0.2) is 0 Å². The van der Waals surface area contributed by atoms with Gasteiger partial charge in [-0.05, 0) is 67.3 Å². The molecule has 1 aliphatic rings. The molecular formula is C28H32O2P+. The zero-order chi connectivity index (χ0) is 21.6. The molecule has 0 unspecified atom stereocenters. The predicted molar refractivity (Wildman–Crippen MR) is 133 cm³/mol. The summed E-state index contributed by atoms with van der Waals surface area (Å²) in [6.45, 7) is 0. The van der Waals surface area contributed by atoms with E-state index in [1.807, 2.05) is 0 Å². The van der Waals surface area contributed by atoms with Crippen LogP contribution in [0.3, 0.4) is 0 Å². The molecule has 0 bridgehead atoms. The first-order chi connectivity index (χ1) is 15.2. The van der Waals surface area contributed by atoms with Gasteiger partial charge >= 0.3 is 0 Å². The molecule has 3 aromatic carbocycles. The summed E-state index contributed by atoms with van der Waals surface area (Å²) in [7, 11) is 1.66. The highest BCUT2D eigenvalue weighted by Gasteiger charge is 2.45. The molecule has 1 aliphatic carbocycles. The minimum absolute atomic E-state index is 0.585. The number of rotatable bonds is 7. The van der Waals surface area contributed by atoms with Crippen molar-refractivity contribution in [2.24, 2.45) is 0 Å². The van der Waals surface area contributed by atoms with Gasteiger partial charge in [0.15, 0.2) is 5.79 Å². The summed E-state index contributed by atoms with van der Waals surface area (Å²) >= 11 is 0. The van der Waals surface area contributed by atoms with E-state index in [1.165, 1.54) is 27.9 Å². The fourth-order valence-corrected chi connectivity index (χ4v) is 8.95. The Kier molecular flexibility index (Phi) is 7.02. The number of hydrogen-bond donors (Lipinski definition) is 0. The molecule has 0 saturated heterocycles. The van der Waals surface area contributed by atoms with Crippen LogP contribution in [0.5, 0.6) is 0 Å². The zero-order valence-corrected chi connectivity index (χ0v) is 19.4. The van der Waals surface area contributed by atoms with Crippen LogP contribution in [0.4, 0.5) is 0 Å². The minimum atomic E-state index is -1.88. The third-order valence-corrected chi connectivity index (χ3v) is 10.8. The maximum Gasteiger partial charge on any atom is 0.190 e. The Morgan fingerprint density at radius 2 is 1.16 bits per heavy atom. The molecule has 2 nitrogen and oxygen atoms in total. The van der Waals surface area contributed by atoms with Gasteiger partial charge in [-0.15, -0.1) is 0 Å². The average Bonchev–Trinajstić information content (AvgIpc) is 2.87. The standard InChI is InChI=1S/C28H32O2P/c1-29-28(30-2)22-13-12-14-24(28)21-23-31(25-15-6-3-7-16-25,26-17-8-4-9-18-26)27-19-10-5-11-20-27/h3-11,15-21H,12-14,22-23H2,1-2H3/q+1/b24-21+. The van der Waals surface area contributed by atoms with Gasteiger partial charge in [-0.3, -0.25) is 0 Å². The maximum atomic E-state index is 5.94. The molecular weight excluding hydrogens is 399 g/mol. The van der Waals surface area contributed by atoms with Crippen molar-refractivity contribution in [1.82, 2.24) is 0 Å². The highest BCUT2D eigenvalue weighted by atomic mass is 31.2. The van der Waals surface area contributed by atoms with Crippen molar-refractivity contribution in [2.75, 3.05) is 20.4 Å². The van der Waals surface area contributed by atoms with Crippen LogP contribution in [-0.2, 0) is 9.47 Å². The van der Waals surface area contributed by atoms with E-state index in [2.05, 4.69) is 97.1 Å². The van der Waals surface area contributed by atoms with Crippen LogP contribution >= 0.6 is 7.26 Å². The summed E-state index contributed by atoms with van der Waals surface area (Å²) in [6, 6.07) is 33.1. The Balaban J connectivity index is 1.90. The number of methoxy groups -OCH3 is 2. The van der Waals surface area contributed by atoms with Crippen molar-refractivity contribution < 1.29 is 9.47 Å². The summed E-state index contributed by atoms with van der Waals surface area (Å²) in [5.41, 5.74) is 1.29. The van der Waals surface area contributed by atoms with Crippen molar-refractivity contribution >= 4 is 23.2 Å². The Labute approximate surface area is 187 Å². The zero-order valence-electron chi connectivity index (χ0n) is 18.5. The molecule has 0 N–H and O–H groups in total. The molecule has 1 saturated carbocycles. The Bertz CT molecular complexity index is 883. The van der Waals surface area contributed by atoms with E-state index < -0.39 is 13.0 Å². The van der Waals surface area contributed by atoms with Crippen LogP contribution in [0.1, 0.15) is 25.7 Å². The van der Waals surface area contributed by atoms with Gasteiger partial charge in [0.1, 0.15) is 23.2 Å². The van der Waals surface area contributed by atoms with Crippen molar-refractivity contribution in [2.45, 2.75) is 31.5 Å². The topological polar surface area (TPSA) is 18.5 Å². The third kappa shape index (κ3) is 4.26. The lowest BCUT2D eigenvalue weighted by Gasteiger charge is -2.37. The minimum Gasteiger partial charge on any atom is -0.349 e. The number of allylic oxidation sites excluding steroid dienone is 1. The van der Waals surface area contributed by atoms with E-state index in [0.29, 0.717) is 0 Å². The SMILES string of the molecule is COC1(OC)CCCC/C1=C\C[P+](c1ccccc1)(c1ccccc1)c1ccccc1. The van der Waals surface area contributed by atoms with Gasteiger partial charge in [0.25, 0.3) is 0 Å². The second-order valence-electron chi connectivity index (χ2n) is 8.10. The van der Waals surface area contributed by atoms with Gasteiger partial charge in [-0.2, -0.15) is 0 Å². The molecule has 0 spiro atoms. The molecule has 4 rings (SSSR count). The Hall–Kier alpha value is -2.25. The smallest absolute Gasteiger partial charge is 0.190 e. The molecule has 0 radical (unpaired) electrons. The monoisotopic (exact) mass is 431 g/mol. The summed E-state index contributed by atoms with van der Waals surface area (Å²) < 4.78 is 11.9. The quantitative estimate of drug-likeness (QED) is 0.281. The van der Waals surface area contributed by atoms with Crippen LogP contribution in [0.2, 0.25) is 0 Å². The summed E-state index contributed by atoms with van der Waals surface area (Å²) in [4.78, 5) is 0. The second-order valence-corrected chi connectivity index (χ2v) is 11.6. The van der Waals surface area contributed by atoms with Crippen molar-refractivity contribution in [3.63, 3.8) is 0 Å². The lowest BCUT2D eigenvalue weighted by Crippen LogP contribution is -2.39. The highest BCUT2D eigenvalue weighted by molar-refractivity contribution is 7.95. The Morgan fingerprint density at radius 1 is 0.710 bits per heavy atom. The van der Waals surface area contributed by atoms with Gasteiger partial charge in [-0.1, -0.05) is 54.6 Å². The fraction of sp³-hybridized carbons (Fsp3) is 0.286. The lowest BCUT2D eigenvalue weighted by molar-refractivity contribution is -0.190. The number of hydrogen-bond acceptors (Lipinski definition) is 2. The fourth-order valence-electron chi connectivity index (χ4n) is 4.89. The molecule has 0 heterocycles. The molecule has 31 heavy (non-hydrogen) atoms. The molecule has 0 atom stereocenters. The predicted octanol–water partition coefficient (Wildman–Crippen LogP) is 5.47. The Morgan fingerprint density at radius 3 is 1.58 bits per heavy atom. The third-order valence-electron chi connectivity index (χ3n) is 6.55. The largest absolute Gasteiger partial charge is 0.349 e. The van der Waals surface area contributed by atoms with Crippen LogP contribution in [-0.4, -0.2) is 26.2 Å². The first-order valence-electron chi connectivity index (χ1n) is 11.1. The maximum absolute atomic E-state index is 5.94. The average molecular weight is 432 g/mol. The number of ether oxygens (including phenoxy) is 2. The summed E-state index contributed by atoms with van der Waals surface area (Å²) in [6.07, 6.45) is 7.66. The van der Waals surface area contributed by atoms with Crippen molar-refractivity contribution in [3.8, 4) is 0 Å². The lowest BCUT2D eigenvalue weighted by atomic mass is 9.88. The van der Waals surface area contributed by atoms with E-state index in [-0.39, 0.29) is 0 Å². The normalized spacial score (nSPS) is 17.5. The summed E-state index contributed by atoms with van der Waals surface area (Å²) in [5, 5.41) is 4.21. The van der Waals surface area contributed by atoms with Crippen LogP contribution in [0, 0.1) is 0 Å². The molecule has 0 aromatic heterocycles. The van der Waals surface area contributed by atoms with Gasteiger partial charge < -0.3 is 9.47 Å². The van der Waals surface area contributed by atoms with Crippen molar-refractivity contribution in [3.05, 3.63) is 103 Å². The number of benzene rings is 3. The highest BCUT2D eigenvalue weighted by Crippen LogP contribution is 2.56. The second kappa shape index (κ2) is 9.92. The summed E-state index contributed by atoms with van der Waals surface area (Å²) in [5.74, 6) is -0.585. The molecule has 3 heteroatoms. The van der Waals surface area contributed by atoms with Crippen LogP contribution in [0.15, 0.2) is 103 Å². The van der Waals surface area contributed by atoms with E-state index >= 15 is 0 Å². The van der Waals surface area contributed by atoms with Gasteiger partial charge in [0.05, 0.1) is 6.16 Å². The van der Waals surface area contributed by atoms with E-state index in [4.69, 9.17) is 9.47 Å². The van der Waals surface area contributed by atoms with Gasteiger partial charge in [0.2, 0.25) is 0 Å². The molecule has 3 aromatic rings. The molecule has 1 fully saturated rings. The molecule has 160 valence electrons. The molecule has 0 aliphatic heterocycles. The van der Waals surface area contributed by atoms with Crippen LogP contribution < -0.4 is 15.9 Å². The first-order valence-corrected chi connectivity index (χ1v) is 13.1.